The van der Waals surface area contributed by atoms with Crippen LogP contribution in [0.5, 0.6) is 5.75 Å². The number of urea groups is 1. The monoisotopic (exact) mass is 367 g/mol. The SMILES string of the molecule is CCOc1ccc(NC(=O)N2CCN(C(=O)c3ccccc3)CC2)c(C)c1. The molecule has 0 spiro atoms. The van der Waals surface area contributed by atoms with Crippen LogP contribution in [-0.4, -0.2) is 54.5 Å². The Balaban J connectivity index is 1.55. The number of carbonyl (C=O) groups excluding carboxylic acids is 2. The molecule has 0 saturated carbocycles. The Morgan fingerprint density at radius 2 is 1.67 bits per heavy atom. The average Bonchev–Trinajstić information content (AvgIpc) is 2.70. The minimum absolute atomic E-state index is 0.0121. The molecule has 3 rings (SSSR count). The Kier molecular flexibility index (Phi) is 5.96. The van der Waals surface area contributed by atoms with E-state index in [1.54, 1.807) is 9.80 Å². The van der Waals surface area contributed by atoms with Gasteiger partial charge in [0.2, 0.25) is 0 Å². The van der Waals surface area contributed by atoms with Crippen molar-refractivity contribution < 1.29 is 14.3 Å². The number of hydrogen-bond acceptors (Lipinski definition) is 3. The summed E-state index contributed by atoms with van der Waals surface area (Å²) >= 11 is 0. The summed E-state index contributed by atoms with van der Waals surface area (Å²) in [5, 5.41) is 2.95. The smallest absolute Gasteiger partial charge is 0.321 e. The molecule has 6 heteroatoms. The van der Waals surface area contributed by atoms with Gasteiger partial charge in [0, 0.05) is 37.4 Å². The standard InChI is InChI=1S/C21H25N3O3/c1-3-27-18-9-10-19(16(2)15-18)22-21(26)24-13-11-23(12-14-24)20(25)17-7-5-4-6-8-17/h4-10,15H,3,11-14H2,1-2H3,(H,22,26). The van der Waals surface area contributed by atoms with E-state index in [4.69, 9.17) is 4.74 Å². The van der Waals surface area contributed by atoms with Crippen molar-refractivity contribution in [2.24, 2.45) is 0 Å². The molecular formula is C21H25N3O3. The molecule has 0 atom stereocenters. The summed E-state index contributed by atoms with van der Waals surface area (Å²) < 4.78 is 5.47. The van der Waals surface area contributed by atoms with Crippen LogP contribution >= 0.6 is 0 Å². The highest BCUT2D eigenvalue weighted by molar-refractivity contribution is 5.94. The Bertz CT molecular complexity index is 800. The van der Waals surface area contributed by atoms with Gasteiger partial charge in [0.15, 0.2) is 0 Å². The van der Waals surface area contributed by atoms with E-state index in [0.717, 1.165) is 17.0 Å². The maximum Gasteiger partial charge on any atom is 0.321 e. The number of nitrogens with zero attached hydrogens (tertiary/aromatic N) is 2. The summed E-state index contributed by atoms with van der Waals surface area (Å²) in [6.07, 6.45) is 0. The molecule has 1 aliphatic rings. The number of amides is 3. The molecule has 6 nitrogen and oxygen atoms in total. The molecule has 0 radical (unpaired) electrons. The number of ether oxygens (including phenoxy) is 1. The molecule has 1 aliphatic heterocycles. The van der Waals surface area contributed by atoms with Gasteiger partial charge in [-0.3, -0.25) is 4.79 Å². The van der Waals surface area contributed by atoms with Crippen LogP contribution in [0.15, 0.2) is 48.5 Å². The third-order valence-corrected chi connectivity index (χ3v) is 4.63. The van der Waals surface area contributed by atoms with Gasteiger partial charge < -0.3 is 19.9 Å². The number of benzene rings is 2. The fourth-order valence-electron chi connectivity index (χ4n) is 3.10. The number of carbonyl (C=O) groups is 2. The summed E-state index contributed by atoms with van der Waals surface area (Å²) in [7, 11) is 0. The van der Waals surface area contributed by atoms with Gasteiger partial charge in [-0.15, -0.1) is 0 Å². The number of hydrogen-bond donors (Lipinski definition) is 1. The second-order valence-corrected chi connectivity index (χ2v) is 6.49. The first-order valence-electron chi connectivity index (χ1n) is 9.22. The zero-order valence-corrected chi connectivity index (χ0v) is 15.8. The van der Waals surface area contributed by atoms with Gasteiger partial charge in [-0.05, 0) is 49.7 Å². The molecule has 0 unspecified atom stereocenters. The molecule has 2 aromatic rings. The van der Waals surface area contributed by atoms with Gasteiger partial charge in [-0.1, -0.05) is 18.2 Å². The largest absolute Gasteiger partial charge is 0.494 e. The van der Waals surface area contributed by atoms with E-state index in [1.165, 1.54) is 0 Å². The van der Waals surface area contributed by atoms with Crippen molar-refractivity contribution >= 4 is 17.6 Å². The average molecular weight is 367 g/mol. The molecule has 0 aromatic heterocycles. The van der Waals surface area contributed by atoms with Gasteiger partial charge in [-0.25, -0.2) is 4.79 Å². The lowest BCUT2D eigenvalue weighted by atomic mass is 10.2. The summed E-state index contributed by atoms with van der Waals surface area (Å²) in [5.41, 5.74) is 2.40. The summed E-state index contributed by atoms with van der Waals surface area (Å²) in [6, 6.07) is 14.7. The van der Waals surface area contributed by atoms with Crippen LogP contribution in [0, 0.1) is 6.92 Å². The molecule has 1 fully saturated rings. The molecule has 0 aliphatic carbocycles. The lowest BCUT2D eigenvalue weighted by Gasteiger charge is -2.34. The van der Waals surface area contributed by atoms with Crippen molar-refractivity contribution in [3.8, 4) is 5.75 Å². The molecule has 27 heavy (non-hydrogen) atoms. The van der Waals surface area contributed by atoms with Crippen molar-refractivity contribution in [1.29, 1.82) is 0 Å². The summed E-state index contributed by atoms with van der Waals surface area (Å²) in [4.78, 5) is 28.6. The van der Waals surface area contributed by atoms with Gasteiger partial charge in [0.25, 0.3) is 5.91 Å². The Morgan fingerprint density at radius 1 is 1.00 bits per heavy atom. The van der Waals surface area contributed by atoms with Crippen LogP contribution in [0.2, 0.25) is 0 Å². The van der Waals surface area contributed by atoms with Gasteiger partial charge in [0.1, 0.15) is 5.75 Å². The van der Waals surface area contributed by atoms with E-state index < -0.39 is 0 Å². The van der Waals surface area contributed by atoms with Crippen LogP contribution in [0.3, 0.4) is 0 Å². The first-order valence-corrected chi connectivity index (χ1v) is 9.22. The molecule has 142 valence electrons. The van der Waals surface area contributed by atoms with E-state index >= 15 is 0 Å². The highest BCUT2D eigenvalue weighted by Gasteiger charge is 2.25. The first-order chi connectivity index (χ1) is 13.1. The number of rotatable bonds is 4. The van der Waals surface area contributed by atoms with E-state index in [1.807, 2.05) is 62.4 Å². The third-order valence-electron chi connectivity index (χ3n) is 4.63. The van der Waals surface area contributed by atoms with Gasteiger partial charge in [0.05, 0.1) is 6.61 Å². The third kappa shape index (κ3) is 4.58. The minimum atomic E-state index is -0.144. The molecular weight excluding hydrogens is 342 g/mol. The highest BCUT2D eigenvalue weighted by atomic mass is 16.5. The second-order valence-electron chi connectivity index (χ2n) is 6.49. The molecule has 0 bridgehead atoms. The van der Waals surface area contributed by atoms with E-state index in [2.05, 4.69) is 5.32 Å². The number of piperazine rings is 1. The normalized spacial score (nSPS) is 14.0. The predicted molar refractivity (Wildman–Crippen MR) is 105 cm³/mol. The van der Waals surface area contributed by atoms with Crippen LogP contribution in [0.4, 0.5) is 10.5 Å². The predicted octanol–water partition coefficient (Wildman–Crippen LogP) is 3.38. The van der Waals surface area contributed by atoms with E-state index in [0.29, 0.717) is 38.3 Å². The number of nitrogens with one attached hydrogen (secondary N) is 1. The molecule has 3 amide bonds. The fraction of sp³-hybridized carbons (Fsp3) is 0.333. The molecule has 2 aromatic carbocycles. The maximum absolute atomic E-state index is 12.6. The Morgan fingerprint density at radius 3 is 2.30 bits per heavy atom. The van der Waals surface area contributed by atoms with E-state index in [-0.39, 0.29) is 11.9 Å². The van der Waals surface area contributed by atoms with Crippen molar-refractivity contribution in [3.05, 3.63) is 59.7 Å². The van der Waals surface area contributed by atoms with E-state index in [9.17, 15) is 9.59 Å². The first kappa shape index (κ1) is 18.8. The zero-order valence-electron chi connectivity index (χ0n) is 15.8. The summed E-state index contributed by atoms with van der Waals surface area (Å²) in [5.74, 6) is 0.805. The number of anilines is 1. The maximum atomic E-state index is 12.6. The van der Waals surface area contributed by atoms with Crippen molar-refractivity contribution in [2.75, 3.05) is 38.1 Å². The number of aryl methyl sites for hydroxylation is 1. The van der Waals surface area contributed by atoms with Crippen LogP contribution < -0.4 is 10.1 Å². The molecule has 1 heterocycles. The Hall–Kier alpha value is -3.02. The van der Waals surface area contributed by atoms with Crippen molar-refractivity contribution in [2.45, 2.75) is 13.8 Å². The fourth-order valence-corrected chi connectivity index (χ4v) is 3.10. The van der Waals surface area contributed by atoms with Crippen LogP contribution in [-0.2, 0) is 0 Å². The van der Waals surface area contributed by atoms with Gasteiger partial charge >= 0.3 is 6.03 Å². The minimum Gasteiger partial charge on any atom is -0.494 e. The van der Waals surface area contributed by atoms with Crippen LogP contribution in [0.25, 0.3) is 0 Å². The van der Waals surface area contributed by atoms with Gasteiger partial charge in [-0.2, -0.15) is 0 Å². The van der Waals surface area contributed by atoms with Crippen molar-refractivity contribution in [3.63, 3.8) is 0 Å². The quantitative estimate of drug-likeness (QED) is 0.901. The topological polar surface area (TPSA) is 61.9 Å². The highest BCUT2D eigenvalue weighted by Crippen LogP contribution is 2.22. The molecule has 1 N–H and O–H groups in total. The lowest BCUT2D eigenvalue weighted by Crippen LogP contribution is -2.51. The molecule has 1 saturated heterocycles. The lowest BCUT2D eigenvalue weighted by molar-refractivity contribution is 0.0671. The second kappa shape index (κ2) is 8.58. The zero-order chi connectivity index (χ0) is 19.2. The summed E-state index contributed by atoms with van der Waals surface area (Å²) in [6.45, 7) is 6.58. The Labute approximate surface area is 159 Å². The van der Waals surface area contributed by atoms with Crippen LogP contribution in [0.1, 0.15) is 22.8 Å². The van der Waals surface area contributed by atoms with Crippen molar-refractivity contribution in [1.82, 2.24) is 9.80 Å².